The van der Waals surface area contributed by atoms with Gasteiger partial charge in [0.05, 0.1) is 28.4 Å². The first-order valence-corrected chi connectivity index (χ1v) is 12.3. The standard InChI is InChI=1S/C28H28Cl2N4O/c1-19(21-6-4-20(17-31)5-7-21)33-14-15-34(27(18-33)22-8-11-24(29)12-9-22)26-13-10-23(16-25(26)30)28(35)32(2)3/h4-13,16,19,27H,14-15,18H2,1-3H3/t19-,27+/m1/s1. The maximum absolute atomic E-state index is 12.4. The third-order valence-corrected chi connectivity index (χ3v) is 7.20. The fourth-order valence-electron chi connectivity index (χ4n) is 4.59. The van der Waals surface area contributed by atoms with Crippen molar-refractivity contribution in [3.63, 3.8) is 0 Å². The van der Waals surface area contributed by atoms with E-state index in [1.54, 1.807) is 25.1 Å². The SMILES string of the molecule is C[C@H](c1ccc(C#N)cc1)N1CCN(c2ccc(C(=O)N(C)C)cc2Cl)[C@H](c2ccc(Cl)cc2)C1. The fourth-order valence-corrected chi connectivity index (χ4v) is 5.01. The molecule has 1 heterocycles. The quantitative estimate of drug-likeness (QED) is 0.413. The summed E-state index contributed by atoms with van der Waals surface area (Å²) in [6, 6.07) is 23.7. The molecule has 0 saturated carbocycles. The highest BCUT2D eigenvalue weighted by molar-refractivity contribution is 6.33. The Morgan fingerprint density at radius 3 is 2.31 bits per heavy atom. The van der Waals surface area contributed by atoms with Crippen LogP contribution in [0.25, 0.3) is 0 Å². The molecule has 0 bridgehead atoms. The minimum Gasteiger partial charge on any atom is -0.361 e. The minimum absolute atomic E-state index is 0.0507. The molecule has 0 unspecified atom stereocenters. The Morgan fingerprint density at radius 2 is 1.71 bits per heavy atom. The molecule has 0 aliphatic carbocycles. The summed E-state index contributed by atoms with van der Waals surface area (Å²) in [5.41, 5.74) is 4.47. The molecule has 180 valence electrons. The summed E-state index contributed by atoms with van der Waals surface area (Å²) in [5, 5.41) is 10.4. The molecular weight excluding hydrogens is 479 g/mol. The molecule has 35 heavy (non-hydrogen) atoms. The summed E-state index contributed by atoms with van der Waals surface area (Å²) >= 11 is 12.9. The summed E-state index contributed by atoms with van der Waals surface area (Å²) in [6.45, 7) is 4.61. The number of nitriles is 1. The van der Waals surface area contributed by atoms with E-state index in [-0.39, 0.29) is 18.0 Å². The van der Waals surface area contributed by atoms with Crippen molar-refractivity contribution in [1.29, 1.82) is 5.26 Å². The zero-order valence-electron chi connectivity index (χ0n) is 20.1. The molecule has 1 fully saturated rings. The maximum Gasteiger partial charge on any atom is 0.253 e. The number of rotatable bonds is 5. The normalized spacial score (nSPS) is 17.0. The highest BCUT2D eigenvalue weighted by Crippen LogP contribution is 2.38. The molecule has 1 aliphatic rings. The van der Waals surface area contributed by atoms with Crippen molar-refractivity contribution in [3.8, 4) is 6.07 Å². The second-order valence-corrected chi connectivity index (χ2v) is 9.87. The lowest BCUT2D eigenvalue weighted by atomic mass is 9.98. The predicted octanol–water partition coefficient (Wildman–Crippen LogP) is 6.19. The zero-order valence-corrected chi connectivity index (χ0v) is 21.6. The number of piperazine rings is 1. The van der Waals surface area contributed by atoms with Crippen LogP contribution in [0.4, 0.5) is 5.69 Å². The molecule has 4 rings (SSSR count). The van der Waals surface area contributed by atoms with Crippen LogP contribution in [-0.4, -0.2) is 49.4 Å². The molecule has 0 spiro atoms. The molecule has 7 heteroatoms. The van der Waals surface area contributed by atoms with Crippen molar-refractivity contribution in [2.24, 2.45) is 0 Å². The van der Waals surface area contributed by atoms with E-state index in [1.807, 2.05) is 48.5 Å². The summed E-state index contributed by atoms with van der Waals surface area (Å²) in [4.78, 5) is 18.7. The van der Waals surface area contributed by atoms with Gasteiger partial charge in [0, 0.05) is 50.4 Å². The number of nitrogens with zero attached hydrogens (tertiary/aromatic N) is 4. The van der Waals surface area contributed by atoms with E-state index in [0.717, 1.165) is 30.9 Å². The molecule has 1 aliphatic heterocycles. The molecule has 1 amide bonds. The van der Waals surface area contributed by atoms with Gasteiger partial charge in [0.2, 0.25) is 0 Å². The van der Waals surface area contributed by atoms with Crippen LogP contribution < -0.4 is 4.90 Å². The van der Waals surface area contributed by atoms with Crippen molar-refractivity contribution < 1.29 is 4.79 Å². The summed E-state index contributed by atoms with van der Waals surface area (Å²) < 4.78 is 0. The van der Waals surface area contributed by atoms with E-state index in [9.17, 15) is 4.79 Å². The van der Waals surface area contributed by atoms with Crippen LogP contribution in [0.3, 0.4) is 0 Å². The van der Waals surface area contributed by atoms with Gasteiger partial charge in [-0.25, -0.2) is 0 Å². The van der Waals surface area contributed by atoms with Crippen LogP contribution >= 0.6 is 23.2 Å². The van der Waals surface area contributed by atoms with Gasteiger partial charge >= 0.3 is 0 Å². The molecular formula is C28H28Cl2N4O. The average Bonchev–Trinajstić information content (AvgIpc) is 2.88. The van der Waals surface area contributed by atoms with E-state index >= 15 is 0 Å². The largest absolute Gasteiger partial charge is 0.361 e. The van der Waals surface area contributed by atoms with Crippen LogP contribution in [0, 0.1) is 11.3 Å². The molecule has 5 nitrogen and oxygen atoms in total. The van der Waals surface area contributed by atoms with Crippen molar-refractivity contribution in [3.05, 3.63) is 99.0 Å². The van der Waals surface area contributed by atoms with E-state index in [4.69, 9.17) is 28.5 Å². The van der Waals surface area contributed by atoms with Crippen molar-refractivity contribution >= 4 is 34.8 Å². The smallest absolute Gasteiger partial charge is 0.253 e. The Kier molecular flexibility index (Phi) is 7.66. The first kappa shape index (κ1) is 25.1. The van der Waals surface area contributed by atoms with Gasteiger partial charge in [-0.05, 0) is 60.5 Å². The highest BCUT2D eigenvalue weighted by Gasteiger charge is 2.32. The summed E-state index contributed by atoms with van der Waals surface area (Å²) in [5.74, 6) is -0.0752. The Morgan fingerprint density at radius 1 is 1.03 bits per heavy atom. The van der Waals surface area contributed by atoms with Crippen molar-refractivity contribution in [2.75, 3.05) is 38.6 Å². The number of benzene rings is 3. The van der Waals surface area contributed by atoms with Crippen LogP contribution in [0.15, 0.2) is 66.7 Å². The number of carbonyl (C=O) groups excluding carboxylic acids is 1. The Bertz CT molecular complexity index is 1240. The number of hydrogen-bond donors (Lipinski definition) is 0. The predicted molar refractivity (Wildman–Crippen MR) is 142 cm³/mol. The van der Waals surface area contributed by atoms with Gasteiger partial charge in [-0.1, -0.05) is 47.5 Å². The number of carbonyl (C=O) groups is 1. The van der Waals surface area contributed by atoms with Crippen LogP contribution in [0.5, 0.6) is 0 Å². The van der Waals surface area contributed by atoms with Crippen molar-refractivity contribution in [1.82, 2.24) is 9.80 Å². The third-order valence-electron chi connectivity index (χ3n) is 6.65. The number of amides is 1. The lowest BCUT2D eigenvalue weighted by Gasteiger charge is -2.45. The second-order valence-electron chi connectivity index (χ2n) is 9.03. The van der Waals surface area contributed by atoms with Crippen LogP contribution in [0.1, 0.15) is 46.1 Å². The second kappa shape index (κ2) is 10.7. The van der Waals surface area contributed by atoms with Gasteiger partial charge in [-0.15, -0.1) is 0 Å². The molecule has 0 radical (unpaired) electrons. The lowest BCUT2D eigenvalue weighted by Crippen LogP contribution is -2.49. The summed E-state index contributed by atoms with van der Waals surface area (Å²) in [6.07, 6.45) is 0. The van der Waals surface area contributed by atoms with Gasteiger partial charge in [0.25, 0.3) is 5.91 Å². The van der Waals surface area contributed by atoms with Gasteiger partial charge in [0.15, 0.2) is 0 Å². The Hall–Kier alpha value is -3.04. The monoisotopic (exact) mass is 506 g/mol. The molecule has 0 N–H and O–H groups in total. The lowest BCUT2D eigenvalue weighted by molar-refractivity contribution is 0.0827. The van der Waals surface area contributed by atoms with Crippen LogP contribution in [-0.2, 0) is 0 Å². The van der Waals surface area contributed by atoms with Crippen molar-refractivity contribution in [2.45, 2.75) is 19.0 Å². The van der Waals surface area contributed by atoms with E-state index in [1.165, 1.54) is 5.56 Å². The average molecular weight is 507 g/mol. The third kappa shape index (κ3) is 5.46. The number of anilines is 1. The molecule has 3 aromatic carbocycles. The Labute approximate surface area is 217 Å². The van der Waals surface area contributed by atoms with E-state index in [2.05, 4.69) is 34.9 Å². The minimum atomic E-state index is -0.0752. The highest BCUT2D eigenvalue weighted by atomic mass is 35.5. The molecule has 3 aromatic rings. The van der Waals surface area contributed by atoms with Gasteiger partial charge in [0.1, 0.15) is 0 Å². The van der Waals surface area contributed by atoms with Gasteiger partial charge < -0.3 is 9.80 Å². The Balaban J connectivity index is 1.65. The maximum atomic E-state index is 12.4. The van der Waals surface area contributed by atoms with Gasteiger partial charge in [-0.2, -0.15) is 5.26 Å². The zero-order chi connectivity index (χ0) is 25.1. The van der Waals surface area contributed by atoms with Gasteiger partial charge in [-0.3, -0.25) is 9.69 Å². The van der Waals surface area contributed by atoms with Crippen LogP contribution in [0.2, 0.25) is 10.0 Å². The number of hydrogen-bond acceptors (Lipinski definition) is 4. The van der Waals surface area contributed by atoms with E-state index in [0.29, 0.717) is 21.2 Å². The van der Waals surface area contributed by atoms with E-state index < -0.39 is 0 Å². The molecule has 1 saturated heterocycles. The molecule has 2 atom stereocenters. The topological polar surface area (TPSA) is 50.6 Å². The first-order chi connectivity index (χ1) is 16.8. The summed E-state index contributed by atoms with van der Waals surface area (Å²) in [7, 11) is 3.46. The first-order valence-electron chi connectivity index (χ1n) is 11.6. The number of halogens is 2. The fraction of sp³-hybridized carbons (Fsp3) is 0.286. The molecule has 0 aromatic heterocycles.